The van der Waals surface area contributed by atoms with Crippen molar-refractivity contribution in [1.82, 2.24) is 0 Å². The third-order valence-corrected chi connectivity index (χ3v) is 3.36. The highest BCUT2D eigenvalue weighted by atomic mass is 16.5. The summed E-state index contributed by atoms with van der Waals surface area (Å²) in [5, 5.41) is 0. The van der Waals surface area contributed by atoms with Crippen LogP contribution in [0.5, 0.6) is 11.5 Å². The fraction of sp³-hybridized carbons (Fsp3) is 0.500. The zero-order valence-corrected chi connectivity index (χ0v) is 10.4. The molecule has 2 rings (SSSR count). The van der Waals surface area contributed by atoms with Crippen LogP contribution in [0.3, 0.4) is 0 Å². The van der Waals surface area contributed by atoms with Gasteiger partial charge in [-0.15, -0.1) is 0 Å². The summed E-state index contributed by atoms with van der Waals surface area (Å²) in [7, 11) is 3.29. The van der Waals surface area contributed by atoms with Gasteiger partial charge in [0.1, 0.15) is 17.3 Å². The Morgan fingerprint density at radius 2 is 2.06 bits per heavy atom. The van der Waals surface area contributed by atoms with E-state index >= 15 is 0 Å². The summed E-state index contributed by atoms with van der Waals surface area (Å²) in [4.78, 5) is 11.5. The summed E-state index contributed by atoms with van der Waals surface area (Å²) in [6.45, 7) is 0. The second-order valence-electron chi connectivity index (χ2n) is 4.44. The Labute approximate surface area is 102 Å². The third kappa shape index (κ3) is 2.60. The molecule has 0 heterocycles. The molecule has 3 nitrogen and oxygen atoms in total. The fourth-order valence-corrected chi connectivity index (χ4v) is 2.45. The first-order valence-electron chi connectivity index (χ1n) is 5.98. The molecule has 17 heavy (non-hydrogen) atoms. The lowest BCUT2D eigenvalue weighted by Gasteiger charge is -2.23. The molecule has 0 N–H and O–H groups in total. The molecular weight excluding hydrogens is 216 g/mol. The van der Waals surface area contributed by atoms with Crippen molar-refractivity contribution < 1.29 is 14.3 Å². The lowest BCUT2D eigenvalue weighted by Crippen LogP contribution is -2.14. The molecule has 1 fully saturated rings. The number of rotatable bonds is 3. The Morgan fingerprint density at radius 1 is 1.24 bits per heavy atom. The molecule has 0 amide bonds. The SMILES string of the molecule is COc1ccc([C@H]2CCCC(=O)C2)c(OC)c1. The van der Waals surface area contributed by atoms with Crippen molar-refractivity contribution in [2.45, 2.75) is 31.6 Å². The second kappa shape index (κ2) is 5.21. The molecule has 0 saturated heterocycles. The second-order valence-corrected chi connectivity index (χ2v) is 4.44. The zero-order chi connectivity index (χ0) is 12.3. The molecule has 1 aliphatic rings. The van der Waals surface area contributed by atoms with Crippen molar-refractivity contribution in [3.8, 4) is 11.5 Å². The molecule has 0 bridgehead atoms. The van der Waals surface area contributed by atoms with Gasteiger partial charge >= 0.3 is 0 Å². The van der Waals surface area contributed by atoms with Crippen LogP contribution in [-0.2, 0) is 4.79 Å². The molecule has 0 spiro atoms. The molecule has 0 aliphatic heterocycles. The maximum absolute atomic E-state index is 11.5. The topological polar surface area (TPSA) is 35.5 Å². The minimum atomic E-state index is 0.303. The van der Waals surface area contributed by atoms with Crippen LogP contribution in [0.1, 0.15) is 37.2 Å². The lowest BCUT2D eigenvalue weighted by molar-refractivity contribution is -0.120. The number of benzene rings is 1. The first-order valence-corrected chi connectivity index (χ1v) is 5.98. The maximum atomic E-state index is 11.5. The van der Waals surface area contributed by atoms with Gasteiger partial charge in [-0.2, -0.15) is 0 Å². The highest BCUT2D eigenvalue weighted by Gasteiger charge is 2.23. The van der Waals surface area contributed by atoms with Crippen molar-refractivity contribution in [3.05, 3.63) is 23.8 Å². The van der Waals surface area contributed by atoms with Gasteiger partial charge in [0.05, 0.1) is 14.2 Å². The monoisotopic (exact) mass is 234 g/mol. The fourth-order valence-electron chi connectivity index (χ4n) is 2.45. The molecule has 3 heteroatoms. The zero-order valence-electron chi connectivity index (χ0n) is 10.4. The highest BCUT2D eigenvalue weighted by molar-refractivity contribution is 5.80. The summed E-state index contributed by atoms with van der Waals surface area (Å²) >= 11 is 0. The van der Waals surface area contributed by atoms with E-state index in [0.717, 1.165) is 36.3 Å². The van der Waals surface area contributed by atoms with Gasteiger partial charge in [-0.3, -0.25) is 4.79 Å². The van der Waals surface area contributed by atoms with Crippen LogP contribution < -0.4 is 9.47 Å². The normalized spacial score (nSPS) is 20.1. The van der Waals surface area contributed by atoms with Crippen LogP contribution in [0, 0.1) is 0 Å². The van der Waals surface area contributed by atoms with Crippen molar-refractivity contribution in [2.24, 2.45) is 0 Å². The first-order chi connectivity index (χ1) is 8.24. The molecular formula is C14H18O3. The molecule has 0 aromatic heterocycles. The molecule has 0 unspecified atom stereocenters. The van der Waals surface area contributed by atoms with E-state index in [0.29, 0.717) is 18.1 Å². The largest absolute Gasteiger partial charge is 0.497 e. The smallest absolute Gasteiger partial charge is 0.133 e. The average Bonchev–Trinajstić information content (AvgIpc) is 2.38. The number of ketones is 1. The molecule has 1 aromatic rings. The number of Topliss-reactive ketones (excluding diaryl/α,β-unsaturated/α-hetero) is 1. The minimum Gasteiger partial charge on any atom is -0.497 e. The number of ether oxygens (including phenoxy) is 2. The van der Waals surface area contributed by atoms with Crippen molar-refractivity contribution in [1.29, 1.82) is 0 Å². The van der Waals surface area contributed by atoms with Crippen LogP contribution >= 0.6 is 0 Å². The van der Waals surface area contributed by atoms with E-state index in [2.05, 4.69) is 0 Å². The van der Waals surface area contributed by atoms with Gasteiger partial charge in [0.25, 0.3) is 0 Å². The van der Waals surface area contributed by atoms with Crippen molar-refractivity contribution >= 4 is 5.78 Å². The highest BCUT2D eigenvalue weighted by Crippen LogP contribution is 2.37. The van der Waals surface area contributed by atoms with E-state index < -0.39 is 0 Å². The quantitative estimate of drug-likeness (QED) is 0.806. The van der Waals surface area contributed by atoms with Gasteiger partial charge in [0.15, 0.2) is 0 Å². The number of methoxy groups -OCH3 is 2. The van der Waals surface area contributed by atoms with Crippen LogP contribution in [0.25, 0.3) is 0 Å². The van der Waals surface area contributed by atoms with E-state index in [1.165, 1.54) is 0 Å². The van der Waals surface area contributed by atoms with E-state index in [-0.39, 0.29) is 0 Å². The first kappa shape index (κ1) is 12.0. The Morgan fingerprint density at radius 3 is 2.71 bits per heavy atom. The van der Waals surface area contributed by atoms with Gasteiger partial charge in [-0.25, -0.2) is 0 Å². The van der Waals surface area contributed by atoms with Gasteiger partial charge < -0.3 is 9.47 Å². The number of hydrogen-bond donors (Lipinski definition) is 0. The summed E-state index contributed by atoms with van der Waals surface area (Å²) in [6.07, 6.45) is 3.42. The van der Waals surface area contributed by atoms with Gasteiger partial charge in [0.2, 0.25) is 0 Å². The summed E-state index contributed by atoms with van der Waals surface area (Å²) in [6, 6.07) is 5.83. The Hall–Kier alpha value is -1.51. The lowest BCUT2D eigenvalue weighted by atomic mass is 9.83. The van der Waals surface area contributed by atoms with Crippen LogP contribution in [0.2, 0.25) is 0 Å². The molecule has 1 aliphatic carbocycles. The minimum absolute atomic E-state index is 0.303. The summed E-state index contributed by atoms with van der Waals surface area (Å²) in [5.74, 6) is 2.27. The van der Waals surface area contributed by atoms with E-state index in [4.69, 9.17) is 9.47 Å². The van der Waals surface area contributed by atoms with E-state index in [9.17, 15) is 4.79 Å². The predicted molar refractivity (Wildman–Crippen MR) is 65.8 cm³/mol. The van der Waals surface area contributed by atoms with E-state index in [1.807, 2.05) is 18.2 Å². The van der Waals surface area contributed by atoms with Crippen molar-refractivity contribution in [3.63, 3.8) is 0 Å². The summed E-state index contributed by atoms with van der Waals surface area (Å²) in [5.41, 5.74) is 1.13. The van der Waals surface area contributed by atoms with Gasteiger partial charge in [-0.05, 0) is 30.4 Å². The molecule has 0 radical (unpaired) electrons. The Bertz CT molecular complexity index is 412. The van der Waals surface area contributed by atoms with Crippen LogP contribution in [0.4, 0.5) is 0 Å². The Balaban J connectivity index is 2.27. The molecule has 92 valence electrons. The molecule has 1 atom stereocenters. The van der Waals surface area contributed by atoms with E-state index in [1.54, 1.807) is 14.2 Å². The predicted octanol–water partition coefficient (Wildman–Crippen LogP) is 2.93. The molecule has 1 saturated carbocycles. The third-order valence-electron chi connectivity index (χ3n) is 3.36. The van der Waals surface area contributed by atoms with Gasteiger partial charge in [-0.1, -0.05) is 6.07 Å². The number of hydrogen-bond acceptors (Lipinski definition) is 3. The van der Waals surface area contributed by atoms with Crippen LogP contribution in [0.15, 0.2) is 18.2 Å². The standard InChI is InChI=1S/C14H18O3/c1-16-12-6-7-13(14(9-12)17-2)10-4-3-5-11(15)8-10/h6-7,9-10H,3-5,8H2,1-2H3/t10-/m0/s1. The maximum Gasteiger partial charge on any atom is 0.133 e. The van der Waals surface area contributed by atoms with Crippen molar-refractivity contribution in [2.75, 3.05) is 14.2 Å². The Kier molecular flexibility index (Phi) is 3.67. The van der Waals surface area contributed by atoms with Gasteiger partial charge in [0, 0.05) is 18.9 Å². The summed E-state index contributed by atoms with van der Waals surface area (Å²) < 4.78 is 10.6. The number of carbonyl (C=O) groups excluding carboxylic acids is 1. The number of carbonyl (C=O) groups is 1. The molecule has 1 aromatic carbocycles. The van der Waals surface area contributed by atoms with Crippen LogP contribution in [-0.4, -0.2) is 20.0 Å². The average molecular weight is 234 g/mol.